The molecule has 11 aliphatic rings. The lowest BCUT2D eigenvalue weighted by Crippen LogP contribution is -2.69. The average molecular weight is 1550 g/mol. The van der Waals surface area contributed by atoms with Crippen LogP contribution in [-0.4, -0.2) is 342 Å². The molecular formula is C66H100Cl2NO36-. The third kappa shape index (κ3) is 14.8. The average Bonchev–Trinajstić information content (AvgIpc) is 1.57. The minimum absolute atomic E-state index is 0.0855. The van der Waals surface area contributed by atoms with Crippen LogP contribution in [0.2, 0.25) is 10.0 Å². The highest BCUT2D eigenvalue weighted by atomic mass is 35.5. The Kier molecular flexibility index (Phi) is 25.2. The van der Waals surface area contributed by atoms with Gasteiger partial charge in [0.05, 0.1) is 86.6 Å². The van der Waals surface area contributed by atoms with E-state index in [9.17, 15) is 45.8 Å². The van der Waals surface area contributed by atoms with Crippen molar-refractivity contribution in [2.45, 2.75) is 301 Å². The van der Waals surface area contributed by atoms with E-state index in [4.69, 9.17) is 151 Å². The Morgan fingerprint density at radius 3 is 2.00 bits per heavy atom. The molecule has 11 fully saturated rings. The number of phenols is 1. The molecule has 39 heteroatoms. The summed E-state index contributed by atoms with van der Waals surface area (Å²) in [5.74, 6) is -5.61. The fourth-order valence-corrected chi connectivity index (χ4v) is 17.1. The number of fused-ring (bicyclic) bond motifs is 4. The first kappa shape index (κ1) is 82.0. The van der Waals surface area contributed by atoms with E-state index in [1.54, 1.807) is 48.5 Å². The van der Waals surface area contributed by atoms with Crippen LogP contribution in [-0.2, 0) is 123 Å². The zero-order chi connectivity index (χ0) is 76.1. The predicted octanol–water partition coefficient (Wildman–Crippen LogP) is 0.649. The second-order valence-corrected chi connectivity index (χ2v) is 29.6. The Morgan fingerprint density at radius 2 is 1.34 bits per heavy atom. The molecule has 11 aliphatic heterocycles. The minimum atomic E-state index is -2.04. The summed E-state index contributed by atoms with van der Waals surface area (Å²) in [6, 6.07) is 0. The Labute approximate surface area is 615 Å². The van der Waals surface area contributed by atoms with Gasteiger partial charge in [0.25, 0.3) is 5.97 Å². The van der Waals surface area contributed by atoms with E-state index >= 15 is 0 Å². The molecule has 36 atom stereocenters. The summed E-state index contributed by atoms with van der Waals surface area (Å²) in [7, 11) is 9.57. The van der Waals surface area contributed by atoms with Gasteiger partial charge in [-0.2, -0.15) is 0 Å². The van der Waals surface area contributed by atoms with E-state index in [0.29, 0.717) is 0 Å². The molecule has 36 unspecified atom stereocenters. The van der Waals surface area contributed by atoms with Crippen molar-refractivity contribution < 1.29 is 169 Å². The van der Waals surface area contributed by atoms with E-state index in [1.165, 1.54) is 63.6 Å². The molecule has 37 nitrogen and oxygen atoms in total. The Morgan fingerprint density at radius 1 is 0.667 bits per heavy atom. The molecule has 12 rings (SSSR count). The van der Waals surface area contributed by atoms with E-state index in [2.05, 4.69) is 0 Å². The lowest BCUT2D eigenvalue weighted by Gasteiger charge is -2.53. The van der Waals surface area contributed by atoms with Gasteiger partial charge in [-0.3, -0.25) is 5.23 Å². The van der Waals surface area contributed by atoms with Crippen molar-refractivity contribution >= 4 is 29.2 Å². The first-order valence-electron chi connectivity index (χ1n) is 34.9. The SMILES string of the molecule is COCC1OC(OC2OCC3OC4(OCC(O)(C(C)OC)C5OCOC54)OC3C2OC)C(OC)C(O)C1OC1OC(C)C(OC)C(OC2OC(C)C3OC4(CC(O)C(OC5CC(OC6CC(C)(N([O-])O)C(OC)C(C)O6)C(OC(=O)c6c(C)c(Cl)c(O)c(Cl)c6OC)C(C)O5)C(C)O4)OC3(C)C2O)C1O. The van der Waals surface area contributed by atoms with E-state index in [-0.39, 0.29) is 71.6 Å². The smallest absolute Gasteiger partial charge is 0.342 e. The Bertz CT molecular complexity index is 3130. The van der Waals surface area contributed by atoms with E-state index in [0.717, 1.165) is 0 Å². The zero-order valence-electron chi connectivity index (χ0n) is 61.0. The van der Waals surface area contributed by atoms with Crippen LogP contribution in [0.1, 0.15) is 90.6 Å². The van der Waals surface area contributed by atoms with Crippen molar-refractivity contribution in [2.24, 2.45) is 0 Å². The number of hydroxylamine groups is 2. The summed E-state index contributed by atoms with van der Waals surface area (Å²) < 4.78 is 167. The highest BCUT2D eigenvalue weighted by Crippen LogP contribution is 2.53. The van der Waals surface area contributed by atoms with E-state index in [1.807, 2.05) is 0 Å². The van der Waals surface area contributed by atoms with Crippen LogP contribution in [0.25, 0.3) is 0 Å². The van der Waals surface area contributed by atoms with Gasteiger partial charge in [0.1, 0.15) is 126 Å². The topological polar surface area (TPSA) is 434 Å². The Hall–Kier alpha value is -2.45. The van der Waals surface area contributed by atoms with Crippen molar-refractivity contribution in [3.8, 4) is 11.5 Å². The van der Waals surface area contributed by atoms with Crippen LogP contribution in [0.4, 0.5) is 0 Å². The van der Waals surface area contributed by atoms with Gasteiger partial charge in [-0.05, 0) is 67.9 Å². The van der Waals surface area contributed by atoms with Crippen LogP contribution in [0.15, 0.2) is 0 Å². The summed E-state index contributed by atoms with van der Waals surface area (Å²) >= 11 is 12.8. The number of aromatic hydroxyl groups is 1. The fourth-order valence-electron chi connectivity index (χ4n) is 16.6. The zero-order valence-corrected chi connectivity index (χ0v) is 62.5. The maximum atomic E-state index is 14.3. The summed E-state index contributed by atoms with van der Waals surface area (Å²) in [6.07, 6.45) is -37.6. The number of halogens is 2. The minimum Gasteiger partial charge on any atom is -0.762 e. The van der Waals surface area contributed by atoms with Gasteiger partial charge < -0.3 is 169 Å². The number of aliphatic hydroxyl groups excluding tert-OH is 4. The summed E-state index contributed by atoms with van der Waals surface area (Å²) in [5.41, 5.74) is -5.03. The largest absolute Gasteiger partial charge is 0.762 e. The molecule has 0 bridgehead atoms. The van der Waals surface area contributed by atoms with E-state index < -0.39 is 237 Å². The molecule has 0 radical (unpaired) electrons. The maximum Gasteiger partial charge on any atom is 0.342 e. The standard InChI is InChI=1S/C66H100Cl2NO36/c1-24-37(48(82-13)39(68)40(71)38(24)67)57(75)97-44-25(2)90-35(17-32(44)94-36-19-62(8,69(77)78)53(85-16)28(5)91-36)96-43-27(4)101-65(18-31(43)70)104-54-29(6)93-61(52(74)63(54,9)105-65)99-49-42(73)58(92-26(3)45(49)81-12)98-46-33(20-79-10)95-60(50(83-14)41(46)72)100-59-51(84-15)47-34(21-86-59)102-66(103-47)56-55(87-23-88-56)64(76,22-89-66)30(7)80-11/h25-36,41-47,49-56,58-61,70-74,76-77H,17-23H2,1-16H3/q-1. The number of methoxy groups -OCH3 is 7. The Balaban J connectivity index is 0.697. The van der Waals surface area contributed by atoms with Gasteiger partial charge >= 0.3 is 11.9 Å². The number of carbonyl (C=O) groups excluding carboxylic acids is 1. The molecular weight excluding hydrogens is 1450 g/mol. The third-order valence-electron chi connectivity index (χ3n) is 22.2. The summed E-state index contributed by atoms with van der Waals surface area (Å²) in [6.45, 7) is 13.5. The molecule has 7 N–H and O–H groups in total. The molecule has 11 saturated heterocycles. The first-order chi connectivity index (χ1) is 49.7. The highest BCUT2D eigenvalue weighted by Gasteiger charge is 2.72. The summed E-state index contributed by atoms with van der Waals surface area (Å²) in [4.78, 5) is 14.3. The van der Waals surface area contributed by atoms with Gasteiger partial charge in [-0.25, -0.2) is 4.79 Å². The van der Waals surface area contributed by atoms with Crippen molar-refractivity contribution in [1.29, 1.82) is 0 Å². The van der Waals surface area contributed by atoms with Crippen LogP contribution in [0, 0.1) is 12.1 Å². The number of carbonyl (C=O) groups is 1. The summed E-state index contributed by atoms with van der Waals surface area (Å²) in [5, 5.41) is 93.8. The second kappa shape index (κ2) is 32.2. The molecule has 1 aromatic rings. The number of benzene rings is 1. The lowest BCUT2D eigenvalue weighted by molar-refractivity contribution is -0.422. The number of esters is 1. The van der Waals surface area contributed by atoms with Gasteiger partial charge in [0.15, 0.2) is 61.4 Å². The van der Waals surface area contributed by atoms with Crippen LogP contribution < -0.4 is 4.74 Å². The van der Waals surface area contributed by atoms with Gasteiger partial charge in [0, 0.05) is 55.5 Å². The molecule has 600 valence electrons. The van der Waals surface area contributed by atoms with Gasteiger partial charge in [-0.1, -0.05) is 23.2 Å². The van der Waals surface area contributed by atoms with Crippen molar-refractivity contribution in [3.05, 3.63) is 26.4 Å². The predicted molar refractivity (Wildman–Crippen MR) is 345 cm³/mol. The highest BCUT2D eigenvalue weighted by molar-refractivity contribution is 6.39. The number of ether oxygens (including phenoxy) is 27. The van der Waals surface area contributed by atoms with Crippen molar-refractivity contribution in [3.63, 3.8) is 0 Å². The molecule has 105 heavy (non-hydrogen) atoms. The van der Waals surface area contributed by atoms with Gasteiger partial charge in [-0.15, -0.1) is 0 Å². The number of hydrogen-bond donors (Lipinski definition) is 7. The van der Waals surface area contributed by atoms with Crippen LogP contribution >= 0.6 is 23.2 Å². The number of phenolic OH excluding ortho intramolecular Hbond substituents is 1. The molecule has 0 amide bonds. The monoisotopic (exact) mass is 1550 g/mol. The normalized spacial score (nSPS) is 48.8. The molecule has 2 spiro atoms. The fraction of sp³-hybridized carbons (Fsp3) is 0.894. The number of nitrogens with zero attached hydrogens (tertiary/aromatic N) is 1. The molecule has 11 heterocycles. The maximum absolute atomic E-state index is 14.3. The third-order valence-corrected chi connectivity index (χ3v) is 23.0. The first-order valence-corrected chi connectivity index (χ1v) is 35.6. The number of rotatable bonds is 22. The van der Waals surface area contributed by atoms with Crippen LogP contribution in [0.3, 0.4) is 0 Å². The molecule has 0 saturated carbocycles. The molecule has 0 aromatic heterocycles. The second-order valence-electron chi connectivity index (χ2n) is 28.8. The quantitative estimate of drug-likeness (QED) is 0.0619. The van der Waals surface area contributed by atoms with Crippen LogP contribution in [0.5, 0.6) is 11.5 Å². The van der Waals surface area contributed by atoms with Gasteiger partial charge in [0.2, 0.25) is 0 Å². The molecule has 0 aliphatic carbocycles. The molecule has 1 aromatic carbocycles. The van der Waals surface area contributed by atoms with Crippen molar-refractivity contribution in [2.75, 3.05) is 76.4 Å². The van der Waals surface area contributed by atoms with Crippen molar-refractivity contribution in [1.82, 2.24) is 5.23 Å². The number of aliphatic hydroxyl groups is 5. The lowest BCUT2D eigenvalue weighted by atomic mass is 9.85. The number of hydrogen-bond acceptors (Lipinski definition) is 37.